The third kappa shape index (κ3) is 5.93. The van der Waals surface area contributed by atoms with Crippen molar-refractivity contribution in [3.8, 4) is 11.4 Å². The predicted molar refractivity (Wildman–Crippen MR) is 144 cm³/mol. The van der Waals surface area contributed by atoms with Gasteiger partial charge in [-0.1, -0.05) is 0 Å². The zero-order chi connectivity index (χ0) is 29.3. The molecule has 1 saturated carbocycles. The molecule has 0 N–H and O–H groups in total. The van der Waals surface area contributed by atoms with E-state index in [2.05, 4.69) is 10.1 Å². The topological polar surface area (TPSA) is 146 Å². The molecule has 220 valence electrons. The van der Waals surface area contributed by atoms with E-state index in [4.69, 9.17) is 4.74 Å². The number of rotatable bonds is 9. The lowest BCUT2D eigenvalue weighted by molar-refractivity contribution is -0.390. The Labute approximate surface area is 234 Å². The Bertz CT molecular complexity index is 1590. The molecule has 0 spiro atoms. The molecule has 1 aliphatic carbocycles. The number of nitrogens with zero attached hydrogens (tertiary/aromatic N) is 7. The van der Waals surface area contributed by atoms with Crippen molar-refractivity contribution in [2.75, 3.05) is 31.1 Å². The average molecular weight is 594 g/mol. The van der Waals surface area contributed by atoms with Gasteiger partial charge in [0, 0.05) is 38.8 Å². The molecule has 2 aliphatic rings. The van der Waals surface area contributed by atoms with E-state index in [0.29, 0.717) is 18.3 Å². The first-order valence-electron chi connectivity index (χ1n) is 13.2. The summed E-state index contributed by atoms with van der Waals surface area (Å²) in [7, 11) is -3.93. The molecule has 0 atom stereocenters. The van der Waals surface area contributed by atoms with Crippen LogP contribution in [0.5, 0.6) is 5.75 Å². The number of aromatic nitrogens is 4. The second kappa shape index (κ2) is 11.5. The van der Waals surface area contributed by atoms with Gasteiger partial charge in [-0.05, 0) is 54.6 Å². The minimum absolute atomic E-state index is 0.00813. The molecule has 41 heavy (non-hydrogen) atoms. The van der Waals surface area contributed by atoms with E-state index in [-0.39, 0.29) is 49.4 Å². The highest BCUT2D eigenvalue weighted by Crippen LogP contribution is 2.31. The van der Waals surface area contributed by atoms with E-state index in [9.17, 15) is 32.1 Å². The minimum Gasteiger partial charge on any atom is -0.483 e. The second-order valence-corrected chi connectivity index (χ2v) is 11.9. The molecule has 3 heterocycles. The molecule has 5 rings (SSSR count). The summed E-state index contributed by atoms with van der Waals surface area (Å²) in [6.45, 7) is 2.54. The summed E-state index contributed by atoms with van der Waals surface area (Å²) in [6, 6.07) is 2.69. The summed E-state index contributed by atoms with van der Waals surface area (Å²) >= 11 is 0. The number of hydrogen-bond acceptors (Lipinski definition) is 9. The van der Waals surface area contributed by atoms with Crippen LogP contribution in [-0.4, -0.2) is 69.3 Å². The van der Waals surface area contributed by atoms with E-state index in [1.807, 2.05) is 0 Å². The molecule has 3 aromatic rings. The van der Waals surface area contributed by atoms with Crippen molar-refractivity contribution in [2.45, 2.75) is 51.0 Å². The van der Waals surface area contributed by atoms with Gasteiger partial charge in [0.2, 0.25) is 22.1 Å². The van der Waals surface area contributed by atoms with Gasteiger partial charge in [0.15, 0.2) is 0 Å². The highest BCUT2D eigenvalue weighted by atomic mass is 32.2. The molecule has 1 aliphatic heterocycles. The number of aryl methyl sites for hydroxylation is 1. The Balaban J connectivity index is 1.39. The maximum Gasteiger partial charge on any atom is 0.385 e. The summed E-state index contributed by atoms with van der Waals surface area (Å²) in [6.07, 6.45) is 5.81. The number of imidazole rings is 1. The monoisotopic (exact) mass is 593 g/mol. The smallest absolute Gasteiger partial charge is 0.385 e. The van der Waals surface area contributed by atoms with Crippen LogP contribution in [0.25, 0.3) is 5.69 Å². The highest BCUT2D eigenvalue weighted by Gasteiger charge is 2.34. The molecule has 13 nitrogen and oxygen atoms in total. The first-order valence-corrected chi connectivity index (χ1v) is 14.8. The first-order chi connectivity index (χ1) is 19.6. The molecular formula is C25H29F2N7O6S. The van der Waals surface area contributed by atoms with Crippen LogP contribution in [0.15, 0.2) is 35.5 Å². The third-order valence-corrected chi connectivity index (χ3v) is 9.11. The Kier molecular flexibility index (Phi) is 8.04. The number of ether oxygens (including phenoxy) is 1. The van der Waals surface area contributed by atoms with Crippen molar-refractivity contribution in [1.82, 2.24) is 23.6 Å². The van der Waals surface area contributed by atoms with Crippen molar-refractivity contribution in [3.63, 3.8) is 0 Å². The van der Waals surface area contributed by atoms with Crippen LogP contribution in [0.2, 0.25) is 0 Å². The number of nitro groups is 1. The summed E-state index contributed by atoms with van der Waals surface area (Å²) in [5, 5.41) is 15.5. The first kappa shape index (κ1) is 28.6. The van der Waals surface area contributed by atoms with Gasteiger partial charge in [-0.3, -0.25) is 4.79 Å². The Hall–Kier alpha value is -3.92. The van der Waals surface area contributed by atoms with Gasteiger partial charge in [0.1, 0.15) is 28.8 Å². The summed E-state index contributed by atoms with van der Waals surface area (Å²) < 4.78 is 63.9. The molecule has 16 heteroatoms. The van der Waals surface area contributed by atoms with Gasteiger partial charge in [-0.15, -0.1) is 0 Å². The Morgan fingerprint density at radius 2 is 1.76 bits per heavy atom. The van der Waals surface area contributed by atoms with E-state index in [0.717, 1.165) is 42.5 Å². The predicted octanol–water partition coefficient (Wildman–Crippen LogP) is 2.61. The number of hydrogen-bond donors (Lipinski definition) is 0. The largest absolute Gasteiger partial charge is 0.483 e. The fourth-order valence-corrected chi connectivity index (χ4v) is 6.77. The van der Waals surface area contributed by atoms with Crippen LogP contribution in [0.4, 0.5) is 20.3 Å². The number of piperazine rings is 1. The van der Waals surface area contributed by atoms with Crippen LogP contribution >= 0.6 is 0 Å². The second-order valence-electron chi connectivity index (χ2n) is 9.93. The van der Waals surface area contributed by atoms with Crippen LogP contribution in [-0.2, 0) is 22.3 Å². The Morgan fingerprint density at radius 3 is 2.37 bits per heavy atom. The van der Waals surface area contributed by atoms with Crippen LogP contribution in [0.3, 0.4) is 0 Å². The highest BCUT2D eigenvalue weighted by molar-refractivity contribution is 7.88. The summed E-state index contributed by atoms with van der Waals surface area (Å²) in [5.74, 6) is -2.81. The van der Waals surface area contributed by atoms with Gasteiger partial charge in [0.05, 0.1) is 18.0 Å². The summed E-state index contributed by atoms with van der Waals surface area (Å²) in [5.41, 5.74) is -0.415. The standard InChI is InChI=1S/C25H29F2N7O6S/c1-2-30-16-28-24(34(36)37)22(30)15-41(38,39)32-9-7-31(8-10-32)21-14-29-33(19-12-17(26)11-18(27)13-19)25(35)23(21)40-20-5-3-4-6-20/h11-14,16,20H,2-10,15H2,1H3. The van der Waals surface area contributed by atoms with E-state index < -0.39 is 43.7 Å². The minimum atomic E-state index is -3.93. The van der Waals surface area contributed by atoms with Gasteiger partial charge in [-0.25, -0.2) is 17.2 Å². The number of anilines is 1. The van der Waals surface area contributed by atoms with Crippen molar-refractivity contribution in [3.05, 3.63) is 68.5 Å². The number of benzene rings is 1. The SMILES string of the molecule is CCn1cnc([N+](=O)[O-])c1CS(=O)(=O)N1CCN(c2cnn(-c3cc(F)cc(F)c3)c(=O)c2OC2CCCC2)CC1. The van der Waals surface area contributed by atoms with E-state index >= 15 is 0 Å². The molecule has 1 aromatic carbocycles. The Morgan fingerprint density at radius 1 is 1.10 bits per heavy atom. The lowest BCUT2D eigenvalue weighted by atomic mass is 10.2. The van der Waals surface area contributed by atoms with Gasteiger partial charge in [-0.2, -0.15) is 14.1 Å². The lowest BCUT2D eigenvalue weighted by Gasteiger charge is -2.36. The fraction of sp³-hybridized carbons (Fsp3) is 0.480. The lowest BCUT2D eigenvalue weighted by Crippen LogP contribution is -2.49. The van der Waals surface area contributed by atoms with Crippen molar-refractivity contribution in [1.29, 1.82) is 0 Å². The van der Waals surface area contributed by atoms with E-state index in [1.165, 1.54) is 21.4 Å². The number of sulfonamides is 1. The van der Waals surface area contributed by atoms with Crippen molar-refractivity contribution >= 4 is 21.5 Å². The quantitative estimate of drug-likeness (QED) is 0.270. The average Bonchev–Trinajstić information content (AvgIpc) is 3.59. The van der Waals surface area contributed by atoms with Crippen LogP contribution in [0, 0.1) is 21.7 Å². The van der Waals surface area contributed by atoms with E-state index in [1.54, 1.807) is 11.8 Å². The zero-order valence-electron chi connectivity index (χ0n) is 22.3. The maximum atomic E-state index is 13.9. The molecular weight excluding hydrogens is 564 g/mol. The van der Waals surface area contributed by atoms with Gasteiger partial charge in [0.25, 0.3) is 0 Å². The van der Waals surface area contributed by atoms with Crippen LogP contribution in [0.1, 0.15) is 38.3 Å². The van der Waals surface area contributed by atoms with Crippen molar-refractivity contribution < 1.29 is 26.9 Å². The number of halogens is 2. The maximum absolute atomic E-state index is 13.9. The molecule has 1 saturated heterocycles. The summed E-state index contributed by atoms with van der Waals surface area (Å²) in [4.78, 5) is 29.7. The van der Waals surface area contributed by atoms with Crippen molar-refractivity contribution in [2.24, 2.45) is 0 Å². The van der Waals surface area contributed by atoms with Gasteiger partial charge >= 0.3 is 11.4 Å². The fourth-order valence-electron chi connectivity index (χ4n) is 5.22. The molecule has 0 unspecified atom stereocenters. The molecule has 0 amide bonds. The molecule has 0 bridgehead atoms. The molecule has 2 aromatic heterocycles. The molecule has 2 fully saturated rings. The molecule has 0 radical (unpaired) electrons. The zero-order valence-corrected chi connectivity index (χ0v) is 23.1. The van der Waals surface area contributed by atoms with Gasteiger partial charge < -0.3 is 24.3 Å². The van der Waals surface area contributed by atoms with Crippen LogP contribution < -0.4 is 15.2 Å². The normalized spacial score (nSPS) is 16.8. The third-order valence-electron chi connectivity index (χ3n) is 7.32.